The molecule has 1 aromatic rings. The molecule has 1 N–H and O–H groups in total. The molecule has 3 unspecified atom stereocenters. The molecule has 2 amide bonds. The van der Waals surface area contributed by atoms with Crippen molar-refractivity contribution in [3.05, 3.63) is 61.2 Å². The zero-order valence-electron chi connectivity index (χ0n) is 21.8. The third kappa shape index (κ3) is 4.63. The number of carbonyl (C=O) groups excluding carboxylic acids is 3. The fraction of sp³-hybridized carbons (Fsp3) is 0.552. The Labute approximate surface area is 223 Å². The number of amides is 2. The lowest BCUT2D eigenvalue weighted by atomic mass is 9.66. The van der Waals surface area contributed by atoms with E-state index in [0.717, 1.165) is 12.0 Å². The van der Waals surface area contributed by atoms with Gasteiger partial charge in [0.25, 0.3) is 0 Å². The number of benzene rings is 1. The number of esters is 1. The first-order chi connectivity index (χ1) is 17.8. The molecular formula is C29H38N2O5S. The smallest absolute Gasteiger partial charge is 0.310 e. The van der Waals surface area contributed by atoms with Gasteiger partial charge in [-0.2, -0.15) is 0 Å². The number of likely N-dealkylation sites (tertiary alicyclic amines) is 1. The van der Waals surface area contributed by atoms with Gasteiger partial charge in [-0.1, -0.05) is 56.3 Å². The van der Waals surface area contributed by atoms with Crippen LogP contribution in [-0.2, 0) is 25.7 Å². The van der Waals surface area contributed by atoms with Gasteiger partial charge in [0.2, 0.25) is 11.8 Å². The lowest BCUT2D eigenvalue weighted by Crippen LogP contribution is -2.59. The second-order valence-electron chi connectivity index (χ2n) is 10.3. The molecule has 3 heterocycles. The summed E-state index contributed by atoms with van der Waals surface area (Å²) in [6.07, 6.45) is 5.18. The number of hydrogen-bond acceptors (Lipinski definition) is 6. The van der Waals surface area contributed by atoms with Gasteiger partial charge in [0.1, 0.15) is 6.04 Å². The minimum Gasteiger partial charge on any atom is -0.465 e. The van der Waals surface area contributed by atoms with Crippen LogP contribution in [0.5, 0.6) is 0 Å². The standard InChI is InChI=1S/C29H38N2O5S/c1-5-8-15-36-28(35)23-22-16-19(4)29(37-22)24(23)26(33)31(21(7-3)18-32)25(29)27(34)30(14-6-2)17-20-12-10-9-11-13-20/h5-6,9-13,19,21-25,32H,1-2,7-8,14-18H2,3-4H3/t19?,21-,22+,23-,24-,25?,29?/m0/s1. The van der Waals surface area contributed by atoms with Gasteiger partial charge in [-0.05, 0) is 30.7 Å². The topological polar surface area (TPSA) is 87.1 Å². The molecule has 3 aliphatic rings. The number of rotatable bonds is 12. The van der Waals surface area contributed by atoms with Crippen LogP contribution in [0.2, 0.25) is 0 Å². The summed E-state index contributed by atoms with van der Waals surface area (Å²) in [5.74, 6) is -1.96. The van der Waals surface area contributed by atoms with Gasteiger partial charge in [-0.3, -0.25) is 14.4 Å². The summed E-state index contributed by atoms with van der Waals surface area (Å²) >= 11 is 1.62. The van der Waals surface area contributed by atoms with E-state index in [9.17, 15) is 19.5 Å². The lowest BCUT2D eigenvalue weighted by Gasteiger charge is -2.42. The Balaban J connectivity index is 1.75. The predicted molar refractivity (Wildman–Crippen MR) is 144 cm³/mol. The van der Waals surface area contributed by atoms with E-state index in [0.29, 0.717) is 25.9 Å². The quantitative estimate of drug-likeness (QED) is 0.255. The number of fused-ring (bicyclic) bond motifs is 1. The van der Waals surface area contributed by atoms with Crippen molar-refractivity contribution < 1.29 is 24.2 Å². The van der Waals surface area contributed by atoms with E-state index in [1.807, 2.05) is 37.3 Å². The maximum Gasteiger partial charge on any atom is 0.310 e. The average Bonchev–Trinajstić information content (AvgIpc) is 3.49. The summed E-state index contributed by atoms with van der Waals surface area (Å²) in [6.45, 7) is 12.2. The van der Waals surface area contributed by atoms with Gasteiger partial charge >= 0.3 is 5.97 Å². The first kappa shape index (κ1) is 27.5. The van der Waals surface area contributed by atoms with Crippen molar-refractivity contribution in [2.45, 2.75) is 61.7 Å². The summed E-state index contributed by atoms with van der Waals surface area (Å²) in [6, 6.07) is 8.46. The number of carbonyl (C=O) groups is 3. The number of hydrogen-bond donors (Lipinski definition) is 1. The summed E-state index contributed by atoms with van der Waals surface area (Å²) < 4.78 is 4.81. The van der Waals surface area contributed by atoms with Gasteiger partial charge < -0.3 is 19.6 Å². The molecule has 37 heavy (non-hydrogen) atoms. The molecule has 7 atom stereocenters. The van der Waals surface area contributed by atoms with Crippen LogP contribution < -0.4 is 0 Å². The van der Waals surface area contributed by atoms with Crippen LogP contribution in [0.25, 0.3) is 0 Å². The van der Waals surface area contributed by atoms with Gasteiger partial charge in [-0.25, -0.2) is 0 Å². The van der Waals surface area contributed by atoms with Crippen molar-refractivity contribution in [3.8, 4) is 0 Å². The minimum atomic E-state index is -0.776. The van der Waals surface area contributed by atoms with Crippen LogP contribution in [0.4, 0.5) is 0 Å². The fourth-order valence-electron chi connectivity index (χ4n) is 6.52. The van der Waals surface area contributed by atoms with Crippen LogP contribution in [-0.4, -0.2) is 74.5 Å². The highest BCUT2D eigenvalue weighted by Gasteiger charge is 2.77. The fourth-order valence-corrected chi connectivity index (χ4v) is 8.91. The Bertz CT molecular complexity index is 1030. The molecule has 4 rings (SSSR count). The summed E-state index contributed by atoms with van der Waals surface area (Å²) in [7, 11) is 0. The van der Waals surface area contributed by atoms with Crippen molar-refractivity contribution in [3.63, 3.8) is 0 Å². The molecule has 7 nitrogen and oxygen atoms in total. The van der Waals surface area contributed by atoms with Crippen molar-refractivity contribution >= 4 is 29.5 Å². The molecule has 200 valence electrons. The molecule has 0 saturated carbocycles. The maximum absolute atomic E-state index is 14.5. The molecular weight excluding hydrogens is 488 g/mol. The summed E-state index contributed by atoms with van der Waals surface area (Å²) in [4.78, 5) is 45.2. The third-order valence-electron chi connectivity index (χ3n) is 8.21. The van der Waals surface area contributed by atoms with Crippen molar-refractivity contribution in [1.29, 1.82) is 0 Å². The average molecular weight is 527 g/mol. The van der Waals surface area contributed by atoms with Crippen LogP contribution in [0.1, 0.15) is 38.7 Å². The molecule has 1 aromatic carbocycles. The summed E-state index contributed by atoms with van der Waals surface area (Å²) in [5, 5.41) is 10.2. The predicted octanol–water partition coefficient (Wildman–Crippen LogP) is 3.43. The number of thioether (sulfide) groups is 1. The second-order valence-corrected chi connectivity index (χ2v) is 11.8. The normalized spacial score (nSPS) is 30.6. The van der Waals surface area contributed by atoms with Crippen molar-refractivity contribution in [2.24, 2.45) is 17.8 Å². The first-order valence-electron chi connectivity index (χ1n) is 13.2. The van der Waals surface area contributed by atoms with Gasteiger partial charge in [0, 0.05) is 18.3 Å². The van der Waals surface area contributed by atoms with Crippen LogP contribution >= 0.6 is 11.8 Å². The first-order valence-corrected chi connectivity index (χ1v) is 14.1. The Hall–Kier alpha value is -2.58. The molecule has 3 fully saturated rings. The molecule has 0 aliphatic carbocycles. The largest absolute Gasteiger partial charge is 0.465 e. The van der Waals surface area contributed by atoms with Gasteiger partial charge in [0.15, 0.2) is 0 Å². The highest BCUT2D eigenvalue weighted by Crippen LogP contribution is 2.69. The minimum absolute atomic E-state index is 0.0473. The summed E-state index contributed by atoms with van der Waals surface area (Å²) in [5.41, 5.74) is 0.983. The zero-order chi connectivity index (χ0) is 26.7. The van der Waals surface area contributed by atoms with Crippen molar-refractivity contribution in [1.82, 2.24) is 9.80 Å². The zero-order valence-corrected chi connectivity index (χ0v) is 22.6. The molecule has 3 aliphatic heterocycles. The second kappa shape index (κ2) is 11.4. The molecule has 1 spiro atoms. The Morgan fingerprint density at radius 1 is 1.30 bits per heavy atom. The van der Waals surface area contributed by atoms with E-state index in [2.05, 4.69) is 20.1 Å². The number of aliphatic hydroxyl groups is 1. The molecule has 0 radical (unpaired) electrons. The third-order valence-corrected chi connectivity index (χ3v) is 10.3. The number of aliphatic hydroxyl groups excluding tert-OH is 1. The van der Waals surface area contributed by atoms with E-state index in [4.69, 9.17) is 4.74 Å². The lowest BCUT2D eigenvalue weighted by molar-refractivity contribution is -0.155. The molecule has 3 saturated heterocycles. The number of ether oxygens (including phenoxy) is 1. The van der Waals surface area contributed by atoms with Crippen LogP contribution in [0, 0.1) is 17.8 Å². The Morgan fingerprint density at radius 3 is 2.65 bits per heavy atom. The van der Waals surface area contributed by atoms with E-state index >= 15 is 0 Å². The van der Waals surface area contributed by atoms with Crippen molar-refractivity contribution in [2.75, 3.05) is 19.8 Å². The Morgan fingerprint density at radius 2 is 2.03 bits per heavy atom. The Kier molecular flexibility index (Phi) is 8.49. The highest BCUT2D eigenvalue weighted by atomic mass is 32.2. The SMILES string of the molecule is C=CCCOC(=O)[C@@H]1[C@H]2C(=O)N([C@@H](CC)CO)C(C(=O)N(CC=C)Cc3ccccc3)C23S[C@@H]1CC3C. The maximum atomic E-state index is 14.5. The molecule has 0 aromatic heterocycles. The van der Waals surface area contributed by atoms with Gasteiger partial charge in [-0.15, -0.1) is 24.9 Å². The van der Waals surface area contributed by atoms with E-state index in [1.54, 1.807) is 33.7 Å². The van der Waals surface area contributed by atoms with E-state index in [1.165, 1.54) is 0 Å². The number of nitrogens with zero attached hydrogens (tertiary/aromatic N) is 2. The molecule has 8 heteroatoms. The monoisotopic (exact) mass is 526 g/mol. The van der Waals surface area contributed by atoms with Gasteiger partial charge in [0.05, 0.1) is 35.8 Å². The van der Waals surface area contributed by atoms with Crippen LogP contribution in [0.15, 0.2) is 55.6 Å². The molecule has 2 bridgehead atoms. The van der Waals surface area contributed by atoms with Crippen LogP contribution in [0.3, 0.4) is 0 Å². The van der Waals surface area contributed by atoms with E-state index < -0.39 is 28.7 Å². The highest BCUT2D eigenvalue weighted by molar-refractivity contribution is 8.02. The van der Waals surface area contributed by atoms with E-state index in [-0.39, 0.29) is 42.2 Å².